The number of carbonyl (C=O) groups excluding carboxylic acids is 1. The van der Waals surface area contributed by atoms with Gasteiger partial charge in [-0.2, -0.15) is 4.98 Å². The van der Waals surface area contributed by atoms with Crippen molar-refractivity contribution in [2.75, 3.05) is 56.9 Å². The third-order valence-electron chi connectivity index (χ3n) is 7.71. The summed E-state index contributed by atoms with van der Waals surface area (Å²) >= 11 is 0. The Kier molecular flexibility index (Phi) is 7.95. The van der Waals surface area contributed by atoms with E-state index in [9.17, 15) is 4.79 Å². The van der Waals surface area contributed by atoms with E-state index in [-0.39, 0.29) is 11.3 Å². The molecule has 5 rings (SSSR count). The van der Waals surface area contributed by atoms with Crippen molar-refractivity contribution in [1.82, 2.24) is 19.9 Å². The van der Waals surface area contributed by atoms with Crippen molar-refractivity contribution >= 4 is 28.9 Å². The fourth-order valence-corrected chi connectivity index (χ4v) is 5.37. The monoisotopic (exact) mass is 563 g/mol. The van der Waals surface area contributed by atoms with Crippen LogP contribution in [0.3, 0.4) is 0 Å². The highest BCUT2D eigenvalue weighted by atomic mass is 16.5. The molecule has 4 aromatic rings. The van der Waals surface area contributed by atoms with Gasteiger partial charge < -0.3 is 25.2 Å². The summed E-state index contributed by atoms with van der Waals surface area (Å²) < 4.78 is 5.74. The highest BCUT2D eigenvalue weighted by Gasteiger charge is 2.35. The highest BCUT2D eigenvalue weighted by molar-refractivity contribution is 6.02. The average Bonchev–Trinajstić information content (AvgIpc) is 3.22. The molecule has 1 heterocycles. The van der Waals surface area contributed by atoms with Gasteiger partial charge in [0.05, 0.1) is 24.2 Å². The maximum atomic E-state index is 12.3. The van der Waals surface area contributed by atoms with E-state index in [0.29, 0.717) is 28.9 Å². The van der Waals surface area contributed by atoms with E-state index in [2.05, 4.69) is 93.3 Å². The van der Waals surface area contributed by atoms with Gasteiger partial charge in [0.2, 0.25) is 11.9 Å². The molecule has 1 aliphatic carbocycles. The summed E-state index contributed by atoms with van der Waals surface area (Å²) in [5.41, 5.74) is 7.87. The van der Waals surface area contributed by atoms with E-state index in [1.807, 2.05) is 33.3 Å². The lowest BCUT2D eigenvalue weighted by Gasteiger charge is -2.26. The van der Waals surface area contributed by atoms with Crippen LogP contribution in [0.1, 0.15) is 25.0 Å². The molecule has 9 nitrogen and oxygen atoms in total. The molecule has 0 spiro atoms. The molecule has 9 heteroatoms. The number of fused-ring (bicyclic) bond motifs is 3. The quantitative estimate of drug-likeness (QED) is 0.237. The Morgan fingerprint density at radius 2 is 1.74 bits per heavy atom. The van der Waals surface area contributed by atoms with Crippen molar-refractivity contribution in [2.24, 2.45) is 0 Å². The van der Waals surface area contributed by atoms with Crippen molar-refractivity contribution < 1.29 is 9.53 Å². The number of carbonyl (C=O) groups is 1. The molecular formula is C33H37N7O2. The number of aromatic nitrogens is 3. The number of amides is 1. The van der Waals surface area contributed by atoms with Crippen molar-refractivity contribution in [2.45, 2.75) is 19.3 Å². The molecule has 1 aromatic heterocycles. The fraction of sp³-hybridized carbons (Fsp3) is 0.273. The van der Waals surface area contributed by atoms with Crippen LogP contribution < -0.4 is 20.3 Å². The van der Waals surface area contributed by atoms with Crippen molar-refractivity contribution in [3.63, 3.8) is 0 Å². The predicted molar refractivity (Wildman–Crippen MR) is 170 cm³/mol. The number of anilines is 4. The average molecular weight is 564 g/mol. The zero-order valence-electron chi connectivity index (χ0n) is 25.0. The van der Waals surface area contributed by atoms with E-state index in [4.69, 9.17) is 9.72 Å². The second-order valence-corrected chi connectivity index (χ2v) is 11.2. The van der Waals surface area contributed by atoms with Gasteiger partial charge in [0.1, 0.15) is 12.1 Å². The third-order valence-corrected chi connectivity index (χ3v) is 7.71. The van der Waals surface area contributed by atoms with Gasteiger partial charge >= 0.3 is 0 Å². The second-order valence-electron chi connectivity index (χ2n) is 11.2. The Balaban J connectivity index is 1.48. The molecule has 0 saturated heterocycles. The molecule has 42 heavy (non-hydrogen) atoms. The molecule has 0 bridgehead atoms. The summed E-state index contributed by atoms with van der Waals surface area (Å²) in [5, 5.41) is 6.19. The molecular weight excluding hydrogens is 526 g/mol. The molecule has 1 aliphatic rings. The topological polar surface area (TPSA) is 95.5 Å². The minimum Gasteiger partial charge on any atom is -0.494 e. The van der Waals surface area contributed by atoms with Crippen molar-refractivity contribution in [3.05, 3.63) is 84.7 Å². The Morgan fingerprint density at radius 3 is 2.48 bits per heavy atom. The SMILES string of the molecule is C=CC(=O)Nc1cc(Nc2ncnc(-c3ccc4c(c3)C(C)(C)c3ccccc3-4)n2)c(OC)cc1N(C)CCN(C)C. The van der Waals surface area contributed by atoms with Crippen LogP contribution in [-0.2, 0) is 10.2 Å². The van der Waals surface area contributed by atoms with Crippen LogP contribution in [0, 0.1) is 0 Å². The van der Waals surface area contributed by atoms with Gasteiger partial charge in [0.25, 0.3) is 0 Å². The highest BCUT2D eigenvalue weighted by Crippen LogP contribution is 2.49. The minimum atomic E-state index is -0.308. The largest absolute Gasteiger partial charge is 0.494 e. The van der Waals surface area contributed by atoms with E-state index >= 15 is 0 Å². The zero-order chi connectivity index (χ0) is 30.0. The van der Waals surface area contributed by atoms with E-state index in [1.165, 1.54) is 34.7 Å². The third kappa shape index (κ3) is 5.56. The summed E-state index contributed by atoms with van der Waals surface area (Å²) in [6, 6.07) is 18.6. The lowest BCUT2D eigenvalue weighted by molar-refractivity contribution is -0.111. The number of hydrogen-bond donors (Lipinski definition) is 2. The smallest absolute Gasteiger partial charge is 0.247 e. The number of hydrogen-bond acceptors (Lipinski definition) is 8. The molecule has 0 radical (unpaired) electrons. The van der Waals surface area contributed by atoms with Gasteiger partial charge in [-0.3, -0.25) is 4.79 Å². The maximum Gasteiger partial charge on any atom is 0.247 e. The van der Waals surface area contributed by atoms with Gasteiger partial charge in [-0.15, -0.1) is 0 Å². The fourth-order valence-electron chi connectivity index (χ4n) is 5.37. The minimum absolute atomic E-state index is 0.128. The van der Waals surface area contributed by atoms with Gasteiger partial charge in [0, 0.05) is 37.2 Å². The van der Waals surface area contributed by atoms with Crippen LogP contribution >= 0.6 is 0 Å². The first-order valence-corrected chi connectivity index (χ1v) is 13.8. The summed E-state index contributed by atoms with van der Waals surface area (Å²) in [5.74, 6) is 1.19. The lowest BCUT2D eigenvalue weighted by Crippen LogP contribution is -2.29. The molecule has 0 unspecified atom stereocenters. The van der Waals surface area contributed by atoms with Crippen LogP contribution in [0.2, 0.25) is 0 Å². The Bertz CT molecular complexity index is 1650. The molecule has 2 N–H and O–H groups in total. The number of rotatable bonds is 10. The van der Waals surface area contributed by atoms with Gasteiger partial charge in [0.15, 0.2) is 5.82 Å². The van der Waals surface area contributed by atoms with Crippen LogP contribution in [-0.4, -0.2) is 67.1 Å². The Labute approximate surface area is 247 Å². The number of benzene rings is 3. The summed E-state index contributed by atoms with van der Waals surface area (Å²) in [4.78, 5) is 30.1. The van der Waals surface area contributed by atoms with E-state index in [0.717, 1.165) is 24.3 Å². The molecule has 216 valence electrons. The van der Waals surface area contributed by atoms with Crippen molar-refractivity contribution in [3.8, 4) is 28.3 Å². The van der Waals surface area contributed by atoms with Gasteiger partial charge in [-0.1, -0.05) is 56.8 Å². The number of nitrogens with zero attached hydrogens (tertiary/aromatic N) is 5. The van der Waals surface area contributed by atoms with Gasteiger partial charge in [-0.05, 0) is 54.6 Å². The second kappa shape index (κ2) is 11.6. The van der Waals surface area contributed by atoms with Crippen molar-refractivity contribution in [1.29, 1.82) is 0 Å². The first-order chi connectivity index (χ1) is 20.1. The first-order valence-electron chi connectivity index (χ1n) is 13.8. The Morgan fingerprint density at radius 1 is 0.976 bits per heavy atom. The lowest BCUT2D eigenvalue weighted by atomic mass is 9.82. The molecule has 0 aliphatic heterocycles. The summed E-state index contributed by atoms with van der Waals surface area (Å²) in [7, 11) is 7.62. The van der Waals surface area contributed by atoms with Crippen LogP contribution in [0.5, 0.6) is 5.75 Å². The zero-order valence-corrected chi connectivity index (χ0v) is 25.0. The van der Waals surface area contributed by atoms with Crippen LogP contribution in [0.4, 0.5) is 23.0 Å². The predicted octanol–water partition coefficient (Wildman–Crippen LogP) is 5.72. The van der Waals surface area contributed by atoms with Crippen LogP contribution in [0.15, 0.2) is 73.6 Å². The number of likely N-dealkylation sites (N-methyl/N-ethyl adjacent to an activating group) is 2. The number of ether oxygens (including phenoxy) is 1. The molecule has 3 aromatic carbocycles. The summed E-state index contributed by atoms with van der Waals surface area (Å²) in [6.07, 6.45) is 2.74. The summed E-state index contributed by atoms with van der Waals surface area (Å²) in [6.45, 7) is 9.68. The number of nitrogens with one attached hydrogen (secondary N) is 2. The van der Waals surface area contributed by atoms with Gasteiger partial charge in [-0.25, -0.2) is 9.97 Å². The number of methoxy groups -OCH3 is 1. The molecule has 0 fully saturated rings. The molecule has 0 atom stereocenters. The molecule has 1 amide bonds. The maximum absolute atomic E-state index is 12.3. The Hall–Kier alpha value is -4.76. The first kappa shape index (κ1) is 28.8. The standard InChI is InChI=1S/C33H37N7O2/c1-8-30(41)36-26-18-27(29(42-7)19-28(26)40(6)16-15-39(4)5)37-32-35-20-34-31(38-32)21-13-14-23-22-11-9-10-12-24(22)33(2,3)25(23)17-21/h8-14,17-20H,1,15-16H2,2-7H3,(H,36,41)(H,34,35,37,38). The molecule has 0 saturated carbocycles. The normalized spacial score (nSPS) is 12.8. The van der Waals surface area contributed by atoms with Crippen LogP contribution in [0.25, 0.3) is 22.5 Å². The van der Waals surface area contributed by atoms with E-state index < -0.39 is 0 Å². The van der Waals surface area contributed by atoms with E-state index in [1.54, 1.807) is 7.11 Å².